The van der Waals surface area contributed by atoms with Crippen molar-refractivity contribution in [2.45, 2.75) is 12.5 Å². The highest BCUT2D eigenvalue weighted by Crippen LogP contribution is 2.29. The summed E-state index contributed by atoms with van der Waals surface area (Å²) in [5.41, 5.74) is 1.64. The van der Waals surface area contributed by atoms with Crippen LogP contribution in [-0.2, 0) is 10.3 Å². The number of benzene rings is 2. The molecule has 8 heteroatoms. The molecule has 1 atom stereocenters. The molecule has 2 heterocycles. The molecule has 3 aromatic rings. The van der Waals surface area contributed by atoms with E-state index < -0.39 is 29.2 Å². The molecular weight excluding hydrogens is 369 g/mol. The topological polar surface area (TPSA) is 78.5 Å². The molecule has 2 N–H and O–H groups in total. The first-order chi connectivity index (χ1) is 12.9. The second-order valence-corrected chi connectivity index (χ2v) is 7.35. The Labute approximate surface area is 157 Å². The molecule has 2 aromatic carbocycles. The van der Waals surface area contributed by atoms with E-state index >= 15 is 0 Å². The molecule has 1 aromatic heterocycles. The number of rotatable bonds is 3. The third-order valence-corrected chi connectivity index (χ3v) is 5.59. The number of nitrogens with zero attached hydrogens (tertiary/aromatic N) is 1. The number of hydrazine groups is 1. The summed E-state index contributed by atoms with van der Waals surface area (Å²) in [5, 5.41) is 3.59. The van der Waals surface area contributed by atoms with E-state index in [-0.39, 0.29) is 4.88 Å². The molecule has 27 heavy (non-hydrogen) atoms. The first-order valence-corrected chi connectivity index (χ1v) is 8.93. The number of amides is 4. The second kappa shape index (κ2) is 6.17. The van der Waals surface area contributed by atoms with Crippen LogP contribution in [0.4, 0.5) is 9.18 Å². The lowest BCUT2D eigenvalue weighted by atomic mass is 9.92. The van der Waals surface area contributed by atoms with Crippen molar-refractivity contribution < 1.29 is 18.8 Å². The maximum atomic E-state index is 13.8. The van der Waals surface area contributed by atoms with Crippen LogP contribution < -0.4 is 10.7 Å². The number of imide groups is 1. The van der Waals surface area contributed by atoms with Gasteiger partial charge in [0, 0.05) is 10.1 Å². The van der Waals surface area contributed by atoms with Crippen LogP contribution in [0.5, 0.6) is 0 Å². The van der Waals surface area contributed by atoms with Crippen LogP contribution in [0, 0.1) is 5.82 Å². The van der Waals surface area contributed by atoms with Crippen LogP contribution >= 0.6 is 11.3 Å². The lowest BCUT2D eigenvalue weighted by Gasteiger charge is -2.21. The van der Waals surface area contributed by atoms with E-state index in [0.717, 1.165) is 11.3 Å². The van der Waals surface area contributed by atoms with E-state index in [1.54, 1.807) is 49.4 Å². The number of thiophene rings is 1. The maximum Gasteiger partial charge on any atom is 0.344 e. The van der Waals surface area contributed by atoms with Crippen LogP contribution in [0.2, 0.25) is 0 Å². The zero-order valence-corrected chi connectivity index (χ0v) is 15.0. The first-order valence-electron chi connectivity index (χ1n) is 8.11. The average Bonchev–Trinajstić information content (AvgIpc) is 3.19. The van der Waals surface area contributed by atoms with E-state index in [9.17, 15) is 18.8 Å². The van der Waals surface area contributed by atoms with Gasteiger partial charge in [-0.2, -0.15) is 5.01 Å². The quantitative estimate of drug-likeness (QED) is 0.682. The van der Waals surface area contributed by atoms with Gasteiger partial charge in [-0.1, -0.05) is 36.4 Å². The van der Waals surface area contributed by atoms with Crippen molar-refractivity contribution in [3.05, 3.63) is 70.9 Å². The van der Waals surface area contributed by atoms with Crippen LogP contribution in [0.1, 0.15) is 22.2 Å². The van der Waals surface area contributed by atoms with Crippen molar-refractivity contribution in [2.24, 2.45) is 0 Å². The van der Waals surface area contributed by atoms with Gasteiger partial charge in [0.1, 0.15) is 11.4 Å². The lowest BCUT2D eigenvalue weighted by molar-refractivity contribution is -0.132. The van der Waals surface area contributed by atoms with Crippen molar-refractivity contribution in [1.82, 2.24) is 15.8 Å². The molecule has 0 spiro atoms. The number of carbonyl (C=O) groups excluding carboxylic acids is 3. The smallest absolute Gasteiger partial charge is 0.318 e. The highest BCUT2D eigenvalue weighted by molar-refractivity contribution is 7.20. The van der Waals surface area contributed by atoms with Gasteiger partial charge in [-0.15, -0.1) is 11.3 Å². The Morgan fingerprint density at radius 1 is 1.15 bits per heavy atom. The number of nitrogens with one attached hydrogen (secondary N) is 2. The Balaban J connectivity index is 1.60. The summed E-state index contributed by atoms with van der Waals surface area (Å²) in [6.45, 7) is 1.57. The third kappa shape index (κ3) is 2.74. The van der Waals surface area contributed by atoms with Gasteiger partial charge in [0.05, 0.1) is 4.88 Å². The number of hydrogen-bond acceptors (Lipinski definition) is 4. The summed E-state index contributed by atoms with van der Waals surface area (Å²) in [4.78, 5) is 37.8. The summed E-state index contributed by atoms with van der Waals surface area (Å²) in [6.07, 6.45) is 0. The summed E-state index contributed by atoms with van der Waals surface area (Å²) < 4.78 is 14.4. The maximum absolute atomic E-state index is 13.8. The van der Waals surface area contributed by atoms with Crippen LogP contribution in [0.15, 0.2) is 54.6 Å². The standard InChI is InChI=1S/C19H14FN3O3S/c1-19(11-6-3-2-4-7-11)17(25)23(18(26)21-19)22-16(24)15-10-12-13(20)8-5-9-14(12)27-15/h2-10H,1H3,(H,21,26)(H,22,24). The highest BCUT2D eigenvalue weighted by Gasteiger charge is 2.50. The molecule has 1 unspecified atom stereocenters. The van der Waals surface area contributed by atoms with Crippen molar-refractivity contribution >= 4 is 39.3 Å². The molecule has 0 aliphatic carbocycles. The number of carbonyl (C=O) groups is 3. The predicted molar refractivity (Wildman–Crippen MR) is 98.4 cm³/mol. The number of halogens is 1. The summed E-state index contributed by atoms with van der Waals surface area (Å²) in [5.74, 6) is -1.69. The monoisotopic (exact) mass is 383 g/mol. The fourth-order valence-electron chi connectivity index (χ4n) is 3.00. The Bertz CT molecular complexity index is 1080. The number of urea groups is 1. The van der Waals surface area contributed by atoms with E-state index in [1.807, 2.05) is 0 Å². The lowest BCUT2D eigenvalue weighted by Crippen LogP contribution is -2.47. The van der Waals surface area contributed by atoms with Gasteiger partial charge in [-0.05, 0) is 30.7 Å². The molecule has 4 rings (SSSR count). The molecule has 1 aliphatic heterocycles. The normalized spacial score (nSPS) is 19.4. The third-order valence-electron chi connectivity index (χ3n) is 4.49. The van der Waals surface area contributed by atoms with Gasteiger partial charge in [0.25, 0.3) is 11.8 Å². The summed E-state index contributed by atoms with van der Waals surface area (Å²) in [7, 11) is 0. The second-order valence-electron chi connectivity index (χ2n) is 6.26. The van der Waals surface area contributed by atoms with Crippen molar-refractivity contribution in [2.75, 3.05) is 0 Å². The first kappa shape index (κ1) is 17.2. The fraction of sp³-hybridized carbons (Fsp3) is 0.105. The summed E-state index contributed by atoms with van der Waals surface area (Å²) in [6, 6.07) is 14.0. The van der Waals surface area contributed by atoms with E-state index in [2.05, 4.69) is 10.7 Å². The number of hydrogen-bond donors (Lipinski definition) is 2. The van der Waals surface area contributed by atoms with Crippen molar-refractivity contribution in [3.63, 3.8) is 0 Å². The zero-order chi connectivity index (χ0) is 19.2. The minimum absolute atomic E-state index is 0.198. The molecule has 136 valence electrons. The molecule has 1 aliphatic rings. The van der Waals surface area contributed by atoms with Gasteiger partial charge >= 0.3 is 6.03 Å². The van der Waals surface area contributed by atoms with Gasteiger partial charge in [0.2, 0.25) is 0 Å². The molecular formula is C19H14FN3O3S. The molecule has 0 bridgehead atoms. The Morgan fingerprint density at radius 3 is 2.59 bits per heavy atom. The average molecular weight is 383 g/mol. The molecule has 0 radical (unpaired) electrons. The minimum atomic E-state index is -1.28. The van der Waals surface area contributed by atoms with Gasteiger partial charge in [0.15, 0.2) is 0 Å². The molecule has 1 saturated heterocycles. The zero-order valence-electron chi connectivity index (χ0n) is 14.2. The Hall–Kier alpha value is -3.26. The predicted octanol–water partition coefficient (Wildman–Crippen LogP) is 3.15. The number of fused-ring (bicyclic) bond motifs is 1. The summed E-state index contributed by atoms with van der Waals surface area (Å²) >= 11 is 1.08. The largest absolute Gasteiger partial charge is 0.344 e. The van der Waals surface area contributed by atoms with Crippen LogP contribution in [0.3, 0.4) is 0 Å². The Morgan fingerprint density at radius 2 is 1.89 bits per heavy atom. The molecule has 4 amide bonds. The molecule has 1 fully saturated rings. The fourth-order valence-corrected chi connectivity index (χ4v) is 3.97. The molecule has 6 nitrogen and oxygen atoms in total. The minimum Gasteiger partial charge on any atom is -0.318 e. The van der Waals surface area contributed by atoms with Crippen LogP contribution in [-0.4, -0.2) is 22.9 Å². The van der Waals surface area contributed by atoms with Crippen LogP contribution in [0.25, 0.3) is 10.1 Å². The van der Waals surface area contributed by atoms with Crippen molar-refractivity contribution in [3.8, 4) is 0 Å². The molecule has 0 saturated carbocycles. The van der Waals surface area contributed by atoms with E-state index in [4.69, 9.17) is 0 Å². The van der Waals surface area contributed by atoms with Gasteiger partial charge < -0.3 is 5.32 Å². The van der Waals surface area contributed by atoms with E-state index in [1.165, 1.54) is 12.1 Å². The van der Waals surface area contributed by atoms with Gasteiger partial charge in [-0.25, -0.2) is 9.18 Å². The SMILES string of the molecule is CC1(c2ccccc2)NC(=O)N(NC(=O)c2cc3c(F)cccc3s2)C1=O. The van der Waals surface area contributed by atoms with Gasteiger partial charge in [-0.3, -0.25) is 15.0 Å². The highest BCUT2D eigenvalue weighted by atomic mass is 32.1. The Kier molecular flexibility index (Phi) is 3.92. The van der Waals surface area contributed by atoms with E-state index in [0.29, 0.717) is 20.7 Å². The van der Waals surface area contributed by atoms with Crippen molar-refractivity contribution in [1.29, 1.82) is 0 Å².